The Labute approximate surface area is 159 Å². The summed E-state index contributed by atoms with van der Waals surface area (Å²) in [5.74, 6) is -0.697. The zero-order chi connectivity index (χ0) is 19.3. The van der Waals surface area contributed by atoms with E-state index in [-0.39, 0.29) is 17.3 Å². The average Bonchev–Trinajstić information content (AvgIpc) is 2.69. The first kappa shape index (κ1) is 19.2. The summed E-state index contributed by atoms with van der Waals surface area (Å²) in [4.78, 5) is 16.5. The Balaban J connectivity index is 1.64. The largest absolute Gasteiger partial charge is 0.273 e. The molecule has 2 heterocycles. The summed E-state index contributed by atoms with van der Waals surface area (Å²) in [6, 6.07) is 10.3. The third kappa shape index (κ3) is 4.78. The number of aryl methyl sites for hydroxylation is 1. The van der Waals surface area contributed by atoms with Crippen LogP contribution in [0.2, 0.25) is 0 Å². The Morgan fingerprint density at radius 3 is 2.63 bits per heavy atom. The maximum atomic E-state index is 12.8. The van der Waals surface area contributed by atoms with Gasteiger partial charge >= 0.3 is 0 Å². The van der Waals surface area contributed by atoms with Gasteiger partial charge in [-0.15, -0.1) is 0 Å². The highest BCUT2D eigenvalue weighted by atomic mass is 32.2. The molecule has 1 aliphatic heterocycles. The van der Waals surface area contributed by atoms with Gasteiger partial charge in [0.15, 0.2) is 0 Å². The van der Waals surface area contributed by atoms with Gasteiger partial charge < -0.3 is 0 Å². The highest BCUT2D eigenvalue weighted by Gasteiger charge is 2.33. The topological polar surface area (TPSA) is 91.7 Å². The van der Waals surface area contributed by atoms with Crippen molar-refractivity contribution in [3.63, 3.8) is 0 Å². The lowest BCUT2D eigenvalue weighted by Crippen LogP contribution is -2.44. The molecule has 7 nitrogen and oxygen atoms in total. The Morgan fingerprint density at radius 1 is 1.22 bits per heavy atom. The Hall–Kier alpha value is -2.58. The predicted molar refractivity (Wildman–Crippen MR) is 103 cm³/mol. The van der Waals surface area contributed by atoms with Crippen LogP contribution < -0.4 is 5.43 Å². The lowest BCUT2D eigenvalue weighted by molar-refractivity contribution is -0.126. The molecular weight excluding hydrogens is 364 g/mol. The van der Waals surface area contributed by atoms with Crippen molar-refractivity contribution < 1.29 is 13.2 Å². The average molecular weight is 386 g/mol. The minimum Gasteiger partial charge on any atom is -0.273 e. The van der Waals surface area contributed by atoms with Gasteiger partial charge in [-0.05, 0) is 49.6 Å². The van der Waals surface area contributed by atoms with E-state index >= 15 is 0 Å². The first-order valence-electron chi connectivity index (χ1n) is 8.76. The van der Waals surface area contributed by atoms with Gasteiger partial charge in [0.25, 0.3) is 0 Å². The van der Waals surface area contributed by atoms with Crippen molar-refractivity contribution in [2.24, 2.45) is 11.0 Å². The Kier molecular flexibility index (Phi) is 5.98. The molecule has 0 saturated carbocycles. The molecule has 1 N–H and O–H groups in total. The van der Waals surface area contributed by atoms with E-state index in [2.05, 4.69) is 15.5 Å². The number of amides is 1. The summed E-state index contributed by atoms with van der Waals surface area (Å²) in [7, 11) is -3.60. The second-order valence-electron chi connectivity index (χ2n) is 6.53. The molecule has 0 unspecified atom stereocenters. The number of hydrogen-bond acceptors (Lipinski definition) is 5. The zero-order valence-corrected chi connectivity index (χ0v) is 15.9. The van der Waals surface area contributed by atoms with Crippen molar-refractivity contribution in [2.45, 2.75) is 24.7 Å². The van der Waals surface area contributed by atoms with Crippen LogP contribution in [0.5, 0.6) is 0 Å². The number of piperidine rings is 1. The lowest BCUT2D eigenvalue weighted by atomic mass is 9.99. The molecule has 0 radical (unpaired) electrons. The predicted octanol–water partition coefficient (Wildman–Crippen LogP) is 1.94. The van der Waals surface area contributed by atoms with Crippen molar-refractivity contribution in [3.05, 3.63) is 59.9 Å². The number of hydrazone groups is 1. The van der Waals surface area contributed by atoms with Crippen LogP contribution in [0.3, 0.4) is 0 Å². The SMILES string of the molecule is Cc1ccc(S(=O)(=O)N2CCC[C@H](C(=O)N/N=C\c3ccncc3)C2)cc1. The molecule has 1 aromatic carbocycles. The van der Waals surface area contributed by atoms with Gasteiger partial charge in [-0.3, -0.25) is 9.78 Å². The fourth-order valence-electron chi connectivity index (χ4n) is 2.95. The molecule has 0 spiro atoms. The van der Waals surface area contributed by atoms with Gasteiger partial charge in [-0.2, -0.15) is 9.41 Å². The van der Waals surface area contributed by atoms with Crippen molar-refractivity contribution in [1.29, 1.82) is 0 Å². The number of pyridine rings is 1. The minimum atomic E-state index is -3.60. The molecule has 1 aromatic heterocycles. The monoisotopic (exact) mass is 386 g/mol. The summed E-state index contributed by atoms with van der Waals surface area (Å²) in [5.41, 5.74) is 4.32. The number of nitrogens with one attached hydrogen (secondary N) is 1. The molecule has 1 saturated heterocycles. The molecule has 1 aliphatic rings. The molecule has 1 amide bonds. The number of carbonyl (C=O) groups excluding carboxylic acids is 1. The molecule has 3 rings (SSSR count). The van der Waals surface area contributed by atoms with Crippen LogP contribution in [-0.4, -0.2) is 42.9 Å². The fraction of sp³-hybridized carbons (Fsp3) is 0.316. The zero-order valence-electron chi connectivity index (χ0n) is 15.1. The second kappa shape index (κ2) is 8.41. The molecule has 2 aromatic rings. The van der Waals surface area contributed by atoms with E-state index in [1.165, 1.54) is 10.5 Å². The van der Waals surface area contributed by atoms with Gasteiger partial charge in [-0.1, -0.05) is 17.7 Å². The first-order chi connectivity index (χ1) is 13.0. The highest BCUT2D eigenvalue weighted by molar-refractivity contribution is 7.89. The maximum Gasteiger partial charge on any atom is 0.244 e. The van der Waals surface area contributed by atoms with Crippen molar-refractivity contribution in [2.75, 3.05) is 13.1 Å². The maximum absolute atomic E-state index is 12.8. The lowest BCUT2D eigenvalue weighted by Gasteiger charge is -2.30. The molecule has 1 fully saturated rings. The van der Waals surface area contributed by atoms with E-state index in [9.17, 15) is 13.2 Å². The van der Waals surface area contributed by atoms with E-state index in [1.807, 2.05) is 6.92 Å². The molecule has 8 heteroatoms. The van der Waals surface area contributed by atoms with E-state index in [0.717, 1.165) is 11.1 Å². The van der Waals surface area contributed by atoms with Gasteiger partial charge in [-0.25, -0.2) is 13.8 Å². The van der Waals surface area contributed by atoms with E-state index in [4.69, 9.17) is 0 Å². The van der Waals surface area contributed by atoms with Gasteiger partial charge in [0.05, 0.1) is 17.0 Å². The van der Waals surface area contributed by atoms with E-state index in [0.29, 0.717) is 19.4 Å². The van der Waals surface area contributed by atoms with E-state index in [1.54, 1.807) is 48.8 Å². The van der Waals surface area contributed by atoms with Crippen molar-refractivity contribution >= 4 is 22.1 Å². The molecular formula is C19H22N4O3S. The van der Waals surface area contributed by atoms with Crippen LogP contribution in [0.4, 0.5) is 0 Å². The summed E-state index contributed by atoms with van der Waals surface area (Å²) in [5, 5.41) is 3.95. The standard InChI is InChI=1S/C19H22N4O3S/c1-15-4-6-18(7-5-15)27(25,26)23-12-2-3-17(14-23)19(24)22-21-13-16-8-10-20-11-9-16/h4-11,13,17H,2-3,12,14H2,1H3,(H,22,24)/b21-13-/t17-/m0/s1. The number of hydrogen-bond donors (Lipinski definition) is 1. The van der Waals surface area contributed by atoms with Crippen molar-refractivity contribution in [3.8, 4) is 0 Å². The van der Waals surface area contributed by atoms with Gasteiger partial charge in [0, 0.05) is 25.5 Å². The third-order valence-corrected chi connectivity index (χ3v) is 6.39. The fourth-order valence-corrected chi connectivity index (χ4v) is 4.47. The summed E-state index contributed by atoms with van der Waals surface area (Å²) < 4.78 is 27.0. The van der Waals surface area contributed by atoms with Crippen molar-refractivity contribution in [1.82, 2.24) is 14.7 Å². The van der Waals surface area contributed by atoms with Crippen LogP contribution in [-0.2, 0) is 14.8 Å². The number of benzene rings is 1. The number of aromatic nitrogens is 1. The molecule has 27 heavy (non-hydrogen) atoms. The highest BCUT2D eigenvalue weighted by Crippen LogP contribution is 2.24. The second-order valence-corrected chi connectivity index (χ2v) is 8.47. The van der Waals surface area contributed by atoms with Gasteiger partial charge in [0.1, 0.15) is 0 Å². The van der Waals surface area contributed by atoms with E-state index < -0.39 is 15.9 Å². The quantitative estimate of drug-likeness (QED) is 0.628. The van der Waals surface area contributed by atoms with Crippen LogP contribution in [0.25, 0.3) is 0 Å². The minimum absolute atomic E-state index is 0.160. The van der Waals surface area contributed by atoms with Crippen LogP contribution in [0, 0.1) is 12.8 Å². The molecule has 0 bridgehead atoms. The van der Waals surface area contributed by atoms with Crippen LogP contribution in [0.15, 0.2) is 58.8 Å². The molecule has 0 aliphatic carbocycles. The van der Waals surface area contributed by atoms with Gasteiger partial charge in [0.2, 0.25) is 15.9 Å². The number of carbonyl (C=O) groups is 1. The summed E-state index contributed by atoms with van der Waals surface area (Å²) in [6.45, 7) is 2.48. The smallest absolute Gasteiger partial charge is 0.244 e. The number of sulfonamides is 1. The normalized spacial score (nSPS) is 18.5. The Bertz CT molecular complexity index is 912. The van der Waals surface area contributed by atoms with Crippen LogP contribution in [0.1, 0.15) is 24.0 Å². The molecule has 1 atom stereocenters. The number of nitrogens with zero attached hydrogens (tertiary/aromatic N) is 3. The Morgan fingerprint density at radius 2 is 1.93 bits per heavy atom. The number of rotatable bonds is 5. The third-order valence-electron chi connectivity index (χ3n) is 4.51. The first-order valence-corrected chi connectivity index (χ1v) is 10.2. The summed E-state index contributed by atoms with van der Waals surface area (Å²) >= 11 is 0. The summed E-state index contributed by atoms with van der Waals surface area (Å²) in [6.07, 6.45) is 6.08. The molecule has 142 valence electrons. The van der Waals surface area contributed by atoms with Crippen LogP contribution >= 0.6 is 0 Å².